The van der Waals surface area contributed by atoms with Crippen LogP contribution < -0.4 is 0 Å². The van der Waals surface area contributed by atoms with Crippen molar-refractivity contribution in [1.82, 2.24) is 0 Å². The average molecular weight is 335 g/mol. The molecule has 2 saturated carbocycles. The van der Waals surface area contributed by atoms with Gasteiger partial charge in [-0.25, -0.2) is 0 Å². The summed E-state index contributed by atoms with van der Waals surface area (Å²) >= 11 is 0. The molecule has 2 fully saturated rings. The average Bonchev–Trinajstić information content (AvgIpc) is 2.74. The van der Waals surface area contributed by atoms with Gasteiger partial charge in [0.2, 0.25) is 0 Å². The van der Waals surface area contributed by atoms with Gasteiger partial charge in [0, 0.05) is 6.42 Å². The Labute approximate surface area is 143 Å². The second kappa shape index (κ2) is 5.55. The van der Waals surface area contributed by atoms with Gasteiger partial charge in [-0.05, 0) is 73.6 Å². The number of hydrogen-bond acceptors (Lipinski definition) is 2. The van der Waals surface area contributed by atoms with E-state index in [-0.39, 0.29) is 5.04 Å². The van der Waals surface area contributed by atoms with Gasteiger partial charge in [-0.3, -0.25) is 4.79 Å². The molecule has 0 aromatic rings. The van der Waals surface area contributed by atoms with Crippen LogP contribution in [-0.2, 0) is 9.22 Å². The Morgan fingerprint density at radius 3 is 2.52 bits per heavy atom. The van der Waals surface area contributed by atoms with Crippen LogP contribution in [0.5, 0.6) is 0 Å². The Kier molecular flexibility index (Phi) is 4.20. The lowest BCUT2D eigenvalue weighted by Crippen LogP contribution is -2.49. The SMILES string of the molecule is CC(C)(C)[Si](C)(C)OC1CC[C@H]2[C@@H]3CCC(=O)C=C3CC[C@]12C. The van der Waals surface area contributed by atoms with Crippen LogP contribution in [0.15, 0.2) is 11.6 Å². The largest absolute Gasteiger partial charge is 0.413 e. The molecular weight excluding hydrogens is 300 g/mol. The molecule has 0 spiro atoms. The van der Waals surface area contributed by atoms with Gasteiger partial charge in [0.1, 0.15) is 0 Å². The van der Waals surface area contributed by atoms with Crippen LogP contribution in [-0.4, -0.2) is 20.2 Å². The number of carbonyl (C=O) groups excluding carboxylic acids is 1. The van der Waals surface area contributed by atoms with Crippen molar-refractivity contribution in [1.29, 1.82) is 0 Å². The van der Waals surface area contributed by atoms with E-state index in [1.54, 1.807) is 0 Å². The molecule has 1 unspecified atom stereocenters. The molecule has 0 bridgehead atoms. The van der Waals surface area contributed by atoms with Crippen molar-refractivity contribution >= 4 is 14.1 Å². The van der Waals surface area contributed by atoms with Gasteiger partial charge in [-0.2, -0.15) is 0 Å². The van der Waals surface area contributed by atoms with Crippen molar-refractivity contribution in [2.45, 2.75) is 90.5 Å². The zero-order valence-corrected chi connectivity index (χ0v) is 16.9. The minimum atomic E-state index is -1.72. The molecule has 0 aromatic carbocycles. The standard InChI is InChI=1S/C20H34O2Si/c1-19(2,3)23(5,6)22-18-10-9-17-16-8-7-15(21)13-14(16)11-12-20(17,18)4/h13,16-18H,7-12H2,1-6H3/t16-,17+,18?,20+/m1/s1. The van der Waals surface area contributed by atoms with Gasteiger partial charge < -0.3 is 4.43 Å². The number of rotatable bonds is 2. The van der Waals surface area contributed by atoms with Gasteiger partial charge in [0.15, 0.2) is 14.1 Å². The third-order valence-corrected chi connectivity index (χ3v) is 12.0. The minimum Gasteiger partial charge on any atom is -0.413 e. The third kappa shape index (κ3) is 2.88. The fourth-order valence-corrected chi connectivity index (χ4v) is 6.41. The molecule has 0 N–H and O–H groups in total. The molecule has 2 nitrogen and oxygen atoms in total. The number of hydrogen-bond donors (Lipinski definition) is 0. The first-order chi connectivity index (χ1) is 10.5. The predicted molar refractivity (Wildman–Crippen MR) is 97.9 cm³/mol. The van der Waals surface area contributed by atoms with Crippen molar-refractivity contribution < 1.29 is 9.22 Å². The molecule has 3 aliphatic rings. The summed E-state index contributed by atoms with van der Waals surface area (Å²) in [5, 5.41) is 0.276. The van der Waals surface area contributed by atoms with Gasteiger partial charge >= 0.3 is 0 Å². The molecule has 3 aliphatic carbocycles. The first kappa shape index (κ1) is 17.4. The Morgan fingerprint density at radius 2 is 1.87 bits per heavy atom. The Balaban J connectivity index is 1.81. The van der Waals surface area contributed by atoms with Crippen LogP contribution in [0.3, 0.4) is 0 Å². The summed E-state index contributed by atoms with van der Waals surface area (Å²) in [6, 6.07) is 0. The van der Waals surface area contributed by atoms with E-state index in [4.69, 9.17) is 4.43 Å². The smallest absolute Gasteiger partial charge is 0.192 e. The van der Waals surface area contributed by atoms with Crippen molar-refractivity contribution in [3.05, 3.63) is 11.6 Å². The topological polar surface area (TPSA) is 26.3 Å². The lowest BCUT2D eigenvalue weighted by molar-refractivity contribution is -0.115. The Morgan fingerprint density at radius 1 is 1.17 bits per heavy atom. The summed E-state index contributed by atoms with van der Waals surface area (Å²) in [5.74, 6) is 1.73. The third-order valence-electron chi connectivity index (χ3n) is 7.53. The van der Waals surface area contributed by atoms with Crippen LogP contribution in [0.25, 0.3) is 0 Å². The molecular formula is C20H34O2Si. The molecule has 0 heterocycles. The van der Waals surface area contributed by atoms with Gasteiger partial charge in [-0.15, -0.1) is 0 Å². The maximum absolute atomic E-state index is 11.8. The van der Waals surface area contributed by atoms with Gasteiger partial charge in [0.05, 0.1) is 6.10 Å². The lowest BCUT2D eigenvalue weighted by atomic mass is 9.59. The monoisotopic (exact) mass is 334 g/mol. The highest BCUT2D eigenvalue weighted by Crippen LogP contribution is 2.59. The van der Waals surface area contributed by atoms with E-state index >= 15 is 0 Å². The van der Waals surface area contributed by atoms with Gasteiger partial charge in [-0.1, -0.05) is 33.3 Å². The summed E-state index contributed by atoms with van der Waals surface area (Å²) in [6.07, 6.45) is 9.06. The van der Waals surface area contributed by atoms with E-state index < -0.39 is 8.32 Å². The van der Waals surface area contributed by atoms with Crippen molar-refractivity contribution in [3.8, 4) is 0 Å². The summed E-state index contributed by atoms with van der Waals surface area (Å²) < 4.78 is 6.89. The molecule has 0 aromatic heterocycles. The zero-order chi connectivity index (χ0) is 17.0. The van der Waals surface area contributed by atoms with E-state index in [0.29, 0.717) is 23.2 Å². The second-order valence-electron chi connectivity index (χ2n) is 9.89. The summed E-state index contributed by atoms with van der Waals surface area (Å²) in [5.41, 5.74) is 1.77. The van der Waals surface area contributed by atoms with Crippen LogP contribution >= 0.6 is 0 Å². The van der Waals surface area contributed by atoms with Crippen LogP contribution in [0.4, 0.5) is 0 Å². The van der Waals surface area contributed by atoms with E-state index in [1.807, 2.05) is 6.08 Å². The first-order valence-electron chi connectivity index (χ1n) is 9.46. The predicted octanol–water partition coefficient (Wildman–Crippen LogP) is 5.49. The van der Waals surface area contributed by atoms with E-state index in [1.165, 1.54) is 24.8 Å². The molecule has 4 atom stereocenters. The minimum absolute atomic E-state index is 0.276. The van der Waals surface area contributed by atoms with E-state index in [9.17, 15) is 4.79 Å². The summed E-state index contributed by atoms with van der Waals surface area (Å²) in [4.78, 5) is 11.8. The van der Waals surface area contributed by atoms with Crippen LogP contribution in [0.1, 0.15) is 66.2 Å². The molecule has 3 rings (SSSR count). The number of carbonyl (C=O) groups is 1. The molecule has 0 aliphatic heterocycles. The quantitative estimate of drug-likeness (QED) is 0.624. The molecule has 0 radical (unpaired) electrons. The molecule has 23 heavy (non-hydrogen) atoms. The van der Waals surface area contributed by atoms with Gasteiger partial charge in [0.25, 0.3) is 0 Å². The van der Waals surface area contributed by atoms with E-state index in [2.05, 4.69) is 40.8 Å². The number of ketones is 1. The maximum Gasteiger partial charge on any atom is 0.192 e. The molecule has 0 saturated heterocycles. The highest BCUT2D eigenvalue weighted by molar-refractivity contribution is 6.74. The summed E-state index contributed by atoms with van der Waals surface area (Å²) in [7, 11) is -1.72. The Hall–Kier alpha value is -0.413. The molecule has 0 amide bonds. The first-order valence-corrected chi connectivity index (χ1v) is 12.4. The normalized spacial score (nSPS) is 38.1. The van der Waals surface area contributed by atoms with Crippen LogP contribution in [0, 0.1) is 17.3 Å². The zero-order valence-electron chi connectivity index (χ0n) is 15.9. The highest BCUT2D eigenvalue weighted by atomic mass is 28.4. The molecule has 3 heteroatoms. The summed E-state index contributed by atoms with van der Waals surface area (Å²) in [6.45, 7) is 14.3. The van der Waals surface area contributed by atoms with Crippen molar-refractivity contribution in [2.24, 2.45) is 17.3 Å². The van der Waals surface area contributed by atoms with Crippen LogP contribution in [0.2, 0.25) is 18.1 Å². The molecule has 130 valence electrons. The van der Waals surface area contributed by atoms with Crippen molar-refractivity contribution in [3.63, 3.8) is 0 Å². The number of fused-ring (bicyclic) bond motifs is 3. The number of allylic oxidation sites excluding steroid dienone is 2. The Bertz CT molecular complexity index is 528. The fraction of sp³-hybridized carbons (Fsp3) is 0.850. The van der Waals surface area contributed by atoms with Crippen molar-refractivity contribution in [2.75, 3.05) is 0 Å². The van der Waals surface area contributed by atoms with E-state index in [0.717, 1.165) is 25.2 Å². The lowest BCUT2D eigenvalue weighted by Gasteiger charge is -2.49. The fourth-order valence-electron chi connectivity index (χ4n) is 4.96. The maximum atomic E-state index is 11.8. The second-order valence-corrected chi connectivity index (χ2v) is 14.6. The highest BCUT2D eigenvalue weighted by Gasteiger charge is 2.55.